The molecule has 0 saturated carbocycles. The van der Waals surface area contributed by atoms with Crippen LogP contribution < -0.4 is 10.2 Å². The maximum Gasteiger partial charge on any atom is 2.00 e. The van der Waals surface area contributed by atoms with Crippen LogP contribution in [0.4, 0.5) is 0 Å². The molecule has 1 aromatic carbocycles. The van der Waals surface area contributed by atoms with Crippen molar-refractivity contribution in [3.8, 4) is 5.75 Å². The molecule has 0 unspecified atom stereocenters. The molecule has 9 nitrogen and oxygen atoms in total. The predicted molar refractivity (Wildman–Crippen MR) is 78.3 cm³/mol. The summed E-state index contributed by atoms with van der Waals surface area (Å²) in [4.78, 5) is 10.1. The van der Waals surface area contributed by atoms with E-state index in [0.717, 1.165) is 11.0 Å². The average Bonchev–Trinajstić information content (AvgIpc) is 2.25. The number of carboxylic acids is 1. The van der Waals surface area contributed by atoms with Crippen molar-refractivity contribution in [1.82, 2.24) is 0 Å². The number of carbonyl (C=O) groups excluding carboxylic acids is 1. The number of hydrogen-bond donors (Lipinski definition) is 2. The Labute approximate surface area is 151 Å². The Morgan fingerprint density at radius 1 is 1.22 bits per heavy atom. The zero-order chi connectivity index (χ0) is 18.0. The number of benzene rings is 1. The van der Waals surface area contributed by atoms with Crippen LogP contribution in [0, 0.1) is 0 Å². The molecule has 0 aliphatic rings. The quantitative estimate of drug-likeness (QED) is 0.257. The van der Waals surface area contributed by atoms with E-state index in [4.69, 9.17) is 22.6 Å². The number of hydrogen-bond acceptors (Lipinski definition) is 7. The molecular formula is C12H19MgNO8S. The molecule has 0 bridgehead atoms. The minimum absolute atomic E-state index is 0. The van der Waals surface area contributed by atoms with E-state index in [1.807, 2.05) is 0 Å². The van der Waals surface area contributed by atoms with E-state index in [1.54, 1.807) is 0 Å². The number of aliphatic hydroxyl groups is 1. The molecular weight excluding hydrogens is 343 g/mol. The molecule has 0 radical (unpaired) electrons. The molecule has 1 aromatic rings. The van der Waals surface area contributed by atoms with E-state index in [2.05, 4.69) is 21.1 Å². The molecule has 0 aliphatic carbocycles. The normalized spacial score (nSPS) is 10.2. The third-order valence-electron chi connectivity index (χ3n) is 1.88. The number of carbonyl (C=O) groups is 1. The molecule has 0 amide bonds. The first-order valence-electron chi connectivity index (χ1n) is 5.85. The molecule has 0 saturated heterocycles. The van der Waals surface area contributed by atoms with E-state index < -0.39 is 22.1 Å². The fourth-order valence-corrected chi connectivity index (χ4v) is 0.935. The van der Waals surface area contributed by atoms with Gasteiger partial charge in [-0.1, -0.05) is 30.0 Å². The van der Waals surface area contributed by atoms with Crippen LogP contribution in [-0.2, 0) is 10.4 Å². The van der Waals surface area contributed by atoms with Gasteiger partial charge in [-0.25, -0.2) is 8.42 Å². The van der Waals surface area contributed by atoms with Gasteiger partial charge in [0.15, 0.2) is 0 Å². The number of rotatable bonds is 3. The van der Waals surface area contributed by atoms with Gasteiger partial charge in [-0.2, -0.15) is 0 Å². The van der Waals surface area contributed by atoms with Gasteiger partial charge in [0.2, 0.25) is 10.4 Å². The Morgan fingerprint density at radius 2 is 1.61 bits per heavy atom. The summed E-state index contributed by atoms with van der Waals surface area (Å²) in [5.74, 6) is -1.94. The minimum Gasteiger partial charge on any atom is -0.872 e. The maximum absolute atomic E-state index is 10.6. The van der Waals surface area contributed by atoms with Gasteiger partial charge in [0.25, 0.3) is 0 Å². The number of para-hydroxylation sites is 1. The Kier molecular flexibility index (Phi) is 14.6. The van der Waals surface area contributed by atoms with Gasteiger partial charge in [-0.3, -0.25) is 4.55 Å². The SMILES string of the molecule is C[N+](C)(C)CCO.O=C([O-])c1ccccc1[O-].O=S(=O)([O-])O.[Mg+2]. The second-order valence-electron chi connectivity index (χ2n) is 4.95. The van der Waals surface area contributed by atoms with E-state index in [0.29, 0.717) is 0 Å². The van der Waals surface area contributed by atoms with Crippen molar-refractivity contribution < 1.29 is 42.1 Å². The summed E-state index contributed by atoms with van der Waals surface area (Å²) >= 11 is 0. The van der Waals surface area contributed by atoms with Crippen LogP contribution in [0.2, 0.25) is 0 Å². The summed E-state index contributed by atoms with van der Waals surface area (Å²) in [6.07, 6.45) is 0. The molecule has 11 heteroatoms. The van der Waals surface area contributed by atoms with E-state index in [1.165, 1.54) is 24.3 Å². The van der Waals surface area contributed by atoms with Gasteiger partial charge in [-0.05, 0) is 5.56 Å². The summed E-state index contributed by atoms with van der Waals surface area (Å²) < 4.78 is 33.7. The molecule has 0 heterocycles. The second-order valence-corrected chi connectivity index (χ2v) is 5.80. The van der Waals surface area contributed by atoms with E-state index >= 15 is 0 Å². The van der Waals surface area contributed by atoms with Crippen molar-refractivity contribution in [3.63, 3.8) is 0 Å². The second kappa shape index (κ2) is 12.5. The zero-order valence-corrected chi connectivity index (χ0v) is 15.4. The fraction of sp³-hybridized carbons (Fsp3) is 0.417. The summed E-state index contributed by atoms with van der Waals surface area (Å²) in [7, 11) is 1.24. The molecule has 0 atom stereocenters. The third kappa shape index (κ3) is 23.4. The first-order chi connectivity index (χ1) is 9.78. The van der Waals surface area contributed by atoms with Crippen LogP contribution in [0.15, 0.2) is 24.3 Å². The summed E-state index contributed by atoms with van der Waals surface area (Å²) in [5.41, 5.74) is -0.289. The van der Waals surface area contributed by atoms with Crippen LogP contribution in [0.3, 0.4) is 0 Å². The van der Waals surface area contributed by atoms with Gasteiger partial charge in [0, 0.05) is 0 Å². The fourth-order valence-electron chi connectivity index (χ4n) is 0.935. The van der Waals surface area contributed by atoms with Crippen LogP contribution >= 0.6 is 0 Å². The van der Waals surface area contributed by atoms with Gasteiger partial charge < -0.3 is 29.1 Å². The van der Waals surface area contributed by atoms with Crippen molar-refractivity contribution >= 4 is 39.4 Å². The number of quaternary nitrogens is 1. The number of aromatic carboxylic acids is 1. The van der Waals surface area contributed by atoms with Crippen molar-refractivity contribution in [3.05, 3.63) is 29.8 Å². The zero-order valence-electron chi connectivity index (χ0n) is 13.1. The molecule has 0 aromatic heterocycles. The summed E-state index contributed by atoms with van der Waals surface area (Å²) in [6.45, 7) is 1.11. The number of nitrogens with zero attached hydrogens (tertiary/aromatic N) is 1. The Hall–Kier alpha value is -0.954. The van der Waals surface area contributed by atoms with Gasteiger partial charge in [0.05, 0.1) is 33.7 Å². The monoisotopic (exact) mass is 361 g/mol. The predicted octanol–water partition coefficient (Wildman–Crippen LogP) is -2.57. The van der Waals surface area contributed by atoms with E-state index in [9.17, 15) is 15.0 Å². The third-order valence-corrected chi connectivity index (χ3v) is 1.88. The van der Waals surface area contributed by atoms with Gasteiger partial charge in [-0.15, -0.1) is 0 Å². The van der Waals surface area contributed by atoms with Crippen LogP contribution in [0.25, 0.3) is 0 Å². The number of likely N-dealkylation sites (N-methyl/N-ethyl adjacent to an activating group) is 1. The summed E-state index contributed by atoms with van der Waals surface area (Å²) in [5, 5.41) is 29.1. The first kappa shape index (κ1) is 26.9. The van der Waals surface area contributed by atoms with Gasteiger partial charge >= 0.3 is 23.1 Å². The minimum atomic E-state index is -4.92. The largest absolute Gasteiger partial charge is 2.00 e. The van der Waals surface area contributed by atoms with Crippen molar-refractivity contribution in [2.45, 2.75) is 0 Å². The molecule has 1 rings (SSSR count). The van der Waals surface area contributed by atoms with Crippen molar-refractivity contribution in [2.24, 2.45) is 0 Å². The van der Waals surface area contributed by atoms with Crippen molar-refractivity contribution in [1.29, 1.82) is 0 Å². The molecule has 2 N–H and O–H groups in total. The van der Waals surface area contributed by atoms with Crippen LogP contribution in [0.1, 0.15) is 10.4 Å². The van der Waals surface area contributed by atoms with Crippen LogP contribution in [0.5, 0.6) is 5.75 Å². The smallest absolute Gasteiger partial charge is 0.872 e. The topological polar surface area (TPSA) is 161 Å². The van der Waals surface area contributed by atoms with Crippen LogP contribution in [-0.4, -0.2) is 90.4 Å². The molecule has 0 aliphatic heterocycles. The summed E-state index contributed by atoms with van der Waals surface area (Å²) in [6, 6.07) is 5.37. The Morgan fingerprint density at radius 3 is 1.78 bits per heavy atom. The van der Waals surface area contributed by atoms with E-state index in [-0.39, 0.29) is 35.2 Å². The number of aliphatic hydroxyl groups excluding tert-OH is 1. The maximum atomic E-state index is 10.6. The molecule has 23 heavy (non-hydrogen) atoms. The first-order valence-corrected chi connectivity index (χ1v) is 7.21. The molecule has 128 valence electrons. The molecule has 0 fully saturated rings. The molecule has 0 spiro atoms. The van der Waals surface area contributed by atoms with Crippen molar-refractivity contribution in [2.75, 3.05) is 34.3 Å². The van der Waals surface area contributed by atoms with Gasteiger partial charge in [0.1, 0.15) is 6.54 Å². The Bertz CT molecular complexity index is 548. The number of carboxylic acid groups (broad SMARTS) is 1. The Balaban J connectivity index is -0.000000273. The average molecular weight is 362 g/mol. The standard InChI is InChI=1S/C7H6O3.C5H14NO.Mg.H2O4S/c8-6-4-2-1-3-5(6)7(9)10;1-6(2,3)4-5-7;;1-5(2,3)4/h1-4,8H,(H,9,10);7H,4-5H2,1-3H3;;(H2,1,2,3,4)/q;+1;+2;/p-3.